The van der Waals surface area contributed by atoms with Gasteiger partial charge < -0.3 is 4.74 Å². The molecule has 1 rings (SSSR count). The Hall–Kier alpha value is 0.200. The lowest BCUT2D eigenvalue weighted by atomic mass is 10.1. The van der Waals surface area contributed by atoms with Gasteiger partial charge in [-0.1, -0.05) is 10.8 Å². The number of ether oxygens (including phenoxy) is 1. The van der Waals surface area contributed by atoms with Gasteiger partial charge in [0, 0.05) is 18.6 Å². The van der Waals surface area contributed by atoms with Gasteiger partial charge in [-0.25, -0.2) is 0 Å². The van der Waals surface area contributed by atoms with Crippen LogP contribution in [0.2, 0.25) is 0 Å². The van der Waals surface area contributed by atoms with Gasteiger partial charge in [-0.05, 0) is 6.08 Å². The lowest BCUT2D eigenvalue weighted by Crippen LogP contribution is -2.39. The summed E-state index contributed by atoms with van der Waals surface area (Å²) in [4.78, 5) is 0. The van der Waals surface area contributed by atoms with E-state index in [9.17, 15) is 0 Å². The SMILES string of the molecule is NC1(CCSS)CC=CO1. The Morgan fingerprint density at radius 1 is 1.80 bits per heavy atom. The van der Waals surface area contributed by atoms with Gasteiger partial charge in [0.05, 0.1) is 6.26 Å². The second kappa shape index (κ2) is 3.55. The molecule has 0 fully saturated rings. The highest BCUT2D eigenvalue weighted by atomic mass is 33.1. The van der Waals surface area contributed by atoms with Gasteiger partial charge in [-0.3, -0.25) is 5.73 Å². The van der Waals surface area contributed by atoms with Crippen LogP contribution < -0.4 is 5.73 Å². The Kier molecular flexibility index (Phi) is 2.95. The van der Waals surface area contributed by atoms with Crippen LogP contribution in [-0.4, -0.2) is 11.5 Å². The predicted octanol–water partition coefficient (Wildman–Crippen LogP) is 1.54. The topological polar surface area (TPSA) is 35.2 Å². The van der Waals surface area contributed by atoms with Crippen molar-refractivity contribution in [2.45, 2.75) is 18.6 Å². The van der Waals surface area contributed by atoms with E-state index in [1.165, 1.54) is 10.8 Å². The second-order valence-electron chi connectivity index (χ2n) is 2.34. The average Bonchev–Trinajstić information content (AvgIpc) is 2.33. The highest BCUT2D eigenvalue weighted by molar-refractivity contribution is 8.68. The van der Waals surface area contributed by atoms with Gasteiger partial charge in [0.1, 0.15) is 0 Å². The molecule has 0 aliphatic carbocycles. The van der Waals surface area contributed by atoms with Crippen LogP contribution in [-0.2, 0) is 4.74 Å². The smallest absolute Gasteiger partial charge is 0.162 e. The molecule has 0 saturated heterocycles. The number of hydrogen-bond acceptors (Lipinski definition) is 4. The van der Waals surface area contributed by atoms with Gasteiger partial charge >= 0.3 is 0 Å². The third-order valence-electron chi connectivity index (χ3n) is 1.48. The quantitative estimate of drug-likeness (QED) is 0.507. The van der Waals surface area contributed by atoms with E-state index in [4.69, 9.17) is 10.5 Å². The van der Waals surface area contributed by atoms with E-state index in [0.717, 1.165) is 18.6 Å². The van der Waals surface area contributed by atoms with Crippen molar-refractivity contribution in [3.05, 3.63) is 12.3 Å². The molecule has 2 nitrogen and oxygen atoms in total. The van der Waals surface area contributed by atoms with Gasteiger partial charge in [-0.2, -0.15) is 0 Å². The van der Waals surface area contributed by atoms with Crippen LogP contribution in [0.3, 0.4) is 0 Å². The minimum absolute atomic E-state index is 0.435. The minimum Gasteiger partial charge on any atom is -0.481 e. The van der Waals surface area contributed by atoms with Crippen LogP contribution in [0.25, 0.3) is 0 Å². The molecule has 0 bridgehead atoms. The van der Waals surface area contributed by atoms with Gasteiger partial charge in [0.2, 0.25) is 0 Å². The van der Waals surface area contributed by atoms with E-state index < -0.39 is 5.72 Å². The van der Waals surface area contributed by atoms with Crippen molar-refractivity contribution in [3.8, 4) is 0 Å². The largest absolute Gasteiger partial charge is 0.481 e. The molecule has 0 saturated carbocycles. The first-order valence-electron chi connectivity index (χ1n) is 3.15. The standard InChI is InChI=1S/C6H11NOS2/c7-6(3-5-10-9)2-1-4-8-6/h1,4,9H,2-3,5,7H2. The highest BCUT2D eigenvalue weighted by Crippen LogP contribution is 2.23. The molecule has 0 amide bonds. The molecule has 0 aromatic carbocycles. The predicted molar refractivity (Wildman–Crippen MR) is 47.8 cm³/mol. The summed E-state index contributed by atoms with van der Waals surface area (Å²) in [6.07, 6.45) is 5.29. The molecule has 1 unspecified atom stereocenters. The number of nitrogens with two attached hydrogens (primary N) is 1. The average molecular weight is 177 g/mol. The molecule has 1 heterocycles. The van der Waals surface area contributed by atoms with Crippen LogP contribution in [0.15, 0.2) is 12.3 Å². The van der Waals surface area contributed by atoms with Crippen molar-refractivity contribution in [1.82, 2.24) is 0 Å². The summed E-state index contributed by atoms with van der Waals surface area (Å²) < 4.78 is 5.19. The van der Waals surface area contributed by atoms with E-state index in [0.29, 0.717) is 0 Å². The molecule has 1 aliphatic heterocycles. The first kappa shape index (κ1) is 8.30. The molecule has 0 aromatic rings. The molecular formula is C6H11NOS2. The molecule has 58 valence electrons. The van der Waals surface area contributed by atoms with Gasteiger partial charge in [0.15, 0.2) is 5.72 Å². The van der Waals surface area contributed by atoms with E-state index >= 15 is 0 Å². The summed E-state index contributed by atoms with van der Waals surface area (Å²) >= 11 is 4.02. The zero-order valence-electron chi connectivity index (χ0n) is 5.62. The molecule has 1 atom stereocenters. The fourth-order valence-electron chi connectivity index (χ4n) is 0.859. The lowest BCUT2D eigenvalue weighted by Gasteiger charge is -2.22. The Morgan fingerprint density at radius 2 is 2.60 bits per heavy atom. The van der Waals surface area contributed by atoms with Crippen LogP contribution in [0.1, 0.15) is 12.8 Å². The third-order valence-corrected chi connectivity index (χ3v) is 2.41. The molecule has 0 radical (unpaired) electrons. The first-order chi connectivity index (χ1) is 4.77. The molecular weight excluding hydrogens is 166 g/mol. The normalized spacial score (nSPS) is 30.6. The Morgan fingerprint density at radius 3 is 3.10 bits per heavy atom. The maximum atomic E-state index is 5.81. The molecule has 0 spiro atoms. The van der Waals surface area contributed by atoms with Crippen molar-refractivity contribution in [3.63, 3.8) is 0 Å². The van der Waals surface area contributed by atoms with E-state index in [2.05, 4.69) is 11.7 Å². The van der Waals surface area contributed by atoms with E-state index in [-0.39, 0.29) is 0 Å². The fraction of sp³-hybridized carbons (Fsp3) is 0.667. The van der Waals surface area contributed by atoms with Gasteiger partial charge in [-0.15, -0.1) is 11.7 Å². The maximum absolute atomic E-state index is 5.81. The summed E-state index contributed by atoms with van der Waals surface area (Å²) in [5.74, 6) is 0.932. The van der Waals surface area contributed by atoms with E-state index in [1.807, 2.05) is 6.08 Å². The van der Waals surface area contributed by atoms with Crippen molar-refractivity contribution in [1.29, 1.82) is 0 Å². The van der Waals surface area contributed by atoms with Crippen LogP contribution in [0, 0.1) is 0 Å². The Labute approximate surface area is 70.0 Å². The van der Waals surface area contributed by atoms with Crippen molar-refractivity contribution >= 4 is 22.5 Å². The highest BCUT2D eigenvalue weighted by Gasteiger charge is 2.26. The Bertz CT molecular complexity index is 130. The summed E-state index contributed by atoms with van der Waals surface area (Å²) in [6, 6.07) is 0. The zero-order chi connectivity index (χ0) is 7.45. The van der Waals surface area contributed by atoms with Crippen LogP contribution in [0.5, 0.6) is 0 Å². The van der Waals surface area contributed by atoms with Crippen molar-refractivity contribution in [2.24, 2.45) is 5.73 Å². The van der Waals surface area contributed by atoms with Crippen molar-refractivity contribution < 1.29 is 4.74 Å². The molecule has 0 aromatic heterocycles. The third kappa shape index (κ3) is 2.11. The monoisotopic (exact) mass is 177 g/mol. The first-order valence-corrected chi connectivity index (χ1v) is 5.19. The Balaban J connectivity index is 2.24. The maximum Gasteiger partial charge on any atom is 0.162 e. The number of thiol groups is 1. The fourth-order valence-corrected chi connectivity index (χ4v) is 1.57. The molecule has 10 heavy (non-hydrogen) atoms. The zero-order valence-corrected chi connectivity index (χ0v) is 7.33. The van der Waals surface area contributed by atoms with E-state index in [1.54, 1.807) is 6.26 Å². The summed E-state index contributed by atoms with van der Waals surface area (Å²) in [7, 11) is 1.49. The van der Waals surface area contributed by atoms with Crippen molar-refractivity contribution in [2.75, 3.05) is 5.75 Å². The minimum atomic E-state index is -0.435. The molecule has 1 aliphatic rings. The van der Waals surface area contributed by atoms with Crippen LogP contribution in [0.4, 0.5) is 0 Å². The second-order valence-corrected chi connectivity index (χ2v) is 3.78. The van der Waals surface area contributed by atoms with Crippen LogP contribution >= 0.6 is 22.5 Å². The summed E-state index contributed by atoms with van der Waals surface area (Å²) in [6.45, 7) is 0. The summed E-state index contributed by atoms with van der Waals surface area (Å²) in [5, 5.41) is 0. The number of hydrogen-bond donors (Lipinski definition) is 2. The number of rotatable bonds is 3. The molecule has 2 N–H and O–H groups in total. The van der Waals surface area contributed by atoms with Gasteiger partial charge in [0.25, 0.3) is 0 Å². The summed E-state index contributed by atoms with van der Waals surface area (Å²) in [5.41, 5.74) is 5.38. The molecule has 4 heteroatoms. The lowest BCUT2D eigenvalue weighted by molar-refractivity contribution is 0.0485.